The van der Waals surface area contributed by atoms with Crippen LogP contribution in [0.3, 0.4) is 0 Å². The van der Waals surface area contributed by atoms with Crippen molar-refractivity contribution in [3.8, 4) is 0 Å². The number of carbonyl (C=O) groups is 2. The summed E-state index contributed by atoms with van der Waals surface area (Å²) in [5.74, 6) is -0.897. The molecule has 1 rings (SSSR count). The Morgan fingerprint density at radius 2 is 1.63 bits per heavy atom. The Morgan fingerprint density at radius 3 is 2.06 bits per heavy atom. The third kappa shape index (κ3) is 7.27. The van der Waals surface area contributed by atoms with Gasteiger partial charge in [-0.2, -0.15) is 13.2 Å². The minimum atomic E-state index is -5.02. The number of esters is 1. The van der Waals surface area contributed by atoms with Gasteiger partial charge in [0.1, 0.15) is 31.3 Å². The average Bonchev–Trinajstić information content (AvgIpc) is 3.02. The number of nitrogens with zero attached hydrogens (tertiary/aromatic N) is 1. The van der Waals surface area contributed by atoms with Crippen molar-refractivity contribution in [2.75, 3.05) is 33.2 Å². The number of alkyl halides is 6. The van der Waals surface area contributed by atoms with Crippen molar-refractivity contribution in [1.29, 1.82) is 0 Å². The van der Waals surface area contributed by atoms with Crippen LogP contribution in [0, 0.1) is 10.8 Å². The number of amides is 1. The molecule has 0 N–H and O–H groups in total. The van der Waals surface area contributed by atoms with Crippen LogP contribution in [0.25, 0.3) is 0 Å². The smallest absolute Gasteiger partial charge is 0.412 e. The van der Waals surface area contributed by atoms with Gasteiger partial charge < -0.3 is 14.2 Å². The van der Waals surface area contributed by atoms with E-state index >= 15 is 0 Å². The Kier molecular flexibility index (Phi) is 10.1. The molecule has 1 saturated heterocycles. The molecule has 204 valence electrons. The highest BCUT2D eigenvalue weighted by molar-refractivity contribution is 5.81. The van der Waals surface area contributed by atoms with Crippen LogP contribution in [0.4, 0.5) is 31.1 Å². The Balaban J connectivity index is 3.83. The molecule has 0 spiro atoms. The number of hydrogen-bond donors (Lipinski definition) is 0. The molecule has 2 atom stereocenters. The number of allylic oxidation sites excluding steroid dienone is 1. The first-order valence-electron chi connectivity index (χ1n) is 11.2. The van der Waals surface area contributed by atoms with Gasteiger partial charge in [0.15, 0.2) is 0 Å². The third-order valence-electron chi connectivity index (χ3n) is 6.08. The van der Waals surface area contributed by atoms with Crippen molar-refractivity contribution in [2.45, 2.75) is 77.9 Å². The van der Waals surface area contributed by atoms with Crippen LogP contribution in [-0.4, -0.2) is 73.7 Å². The minimum absolute atomic E-state index is 0.0165. The molecule has 6 nitrogen and oxygen atoms in total. The molecular weight excluding hydrogens is 484 g/mol. The molecule has 0 bridgehead atoms. The molecule has 0 saturated carbocycles. The van der Waals surface area contributed by atoms with Crippen molar-refractivity contribution in [3.63, 3.8) is 0 Å². The molecule has 1 aliphatic rings. The normalized spacial score (nSPS) is 20.7. The van der Waals surface area contributed by atoms with Gasteiger partial charge >= 0.3 is 18.2 Å². The van der Waals surface area contributed by atoms with E-state index in [1.165, 1.54) is 41.5 Å². The Hall–Kier alpha value is -1.98. The molecule has 1 fully saturated rings. The Labute approximate surface area is 201 Å². The van der Waals surface area contributed by atoms with Crippen LogP contribution < -0.4 is 0 Å². The summed E-state index contributed by atoms with van der Waals surface area (Å²) < 4.78 is 101. The maximum absolute atomic E-state index is 14.4. The summed E-state index contributed by atoms with van der Waals surface area (Å²) in [5.41, 5.74) is -8.00. The first-order valence-corrected chi connectivity index (χ1v) is 11.2. The van der Waals surface area contributed by atoms with E-state index in [4.69, 9.17) is 14.2 Å². The third-order valence-corrected chi connectivity index (χ3v) is 6.08. The molecule has 0 aromatic carbocycles. The summed E-state index contributed by atoms with van der Waals surface area (Å²) in [4.78, 5) is 25.7. The largest absolute Gasteiger partial charge is 0.463 e. The quantitative estimate of drug-likeness (QED) is 0.210. The van der Waals surface area contributed by atoms with Gasteiger partial charge in [-0.1, -0.05) is 6.08 Å². The van der Waals surface area contributed by atoms with E-state index in [9.17, 15) is 35.9 Å². The van der Waals surface area contributed by atoms with Gasteiger partial charge in [-0.15, -0.1) is 0 Å². The molecule has 0 aliphatic carbocycles. The Morgan fingerprint density at radius 1 is 1.09 bits per heavy atom. The summed E-state index contributed by atoms with van der Waals surface area (Å²) >= 11 is 0. The van der Waals surface area contributed by atoms with Gasteiger partial charge in [-0.25, -0.2) is 9.59 Å². The highest BCUT2D eigenvalue weighted by atomic mass is 19.4. The second-order valence-electron chi connectivity index (χ2n) is 10.1. The summed E-state index contributed by atoms with van der Waals surface area (Å²) in [5, 5.41) is 0. The molecule has 1 aliphatic heterocycles. The van der Waals surface area contributed by atoms with Crippen LogP contribution in [0.15, 0.2) is 12.2 Å². The molecule has 1 amide bonds. The topological polar surface area (TPSA) is 65.1 Å². The molecular formula is C23H35F6NO5. The van der Waals surface area contributed by atoms with Gasteiger partial charge in [-0.3, -0.25) is 18.1 Å². The van der Waals surface area contributed by atoms with Crippen molar-refractivity contribution >= 4 is 12.1 Å². The van der Waals surface area contributed by atoms with Crippen LogP contribution >= 0.6 is 0 Å². The lowest BCUT2D eigenvalue weighted by Crippen LogP contribution is -2.63. The fourth-order valence-electron chi connectivity index (χ4n) is 4.37. The Bertz CT molecular complexity index is 752. The van der Waals surface area contributed by atoms with Gasteiger partial charge in [-0.05, 0) is 48.0 Å². The summed E-state index contributed by atoms with van der Waals surface area (Å²) in [7, 11) is 0. The first kappa shape index (κ1) is 31.1. The van der Waals surface area contributed by atoms with Crippen LogP contribution in [0.2, 0.25) is 0 Å². The van der Waals surface area contributed by atoms with E-state index in [2.05, 4.69) is 0 Å². The van der Waals surface area contributed by atoms with Gasteiger partial charge in [0, 0.05) is 11.5 Å². The summed E-state index contributed by atoms with van der Waals surface area (Å²) in [6.07, 6.45) is -6.99. The zero-order chi connectivity index (χ0) is 27.3. The van der Waals surface area contributed by atoms with E-state index in [0.717, 1.165) is 17.1 Å². The fraction of sp³-hybridized carbons (Fsp3) is 0.826. The van der Waals surface area contributed by atoms with Crippen molar-refractivity contribution < 1.29 is 50.1 Å². The van der Waals surface area contributed by atoms with E-state index in [1.54, 1.807) is 0 Å². The van der Waals surface area contributed by atoms with E-state index < -0.39 is 85.9 Å². The van der Waals surface area contributed by atoms with E-state index in [0.29, 0.717) is 0 Å². The highest BCUT2D eigenvalue weighted by Crippen LogP contribution is 2.57. The minimum Gasteiger partial charge on any atom is -0.463 e. The van der Waals surface area contributed by atoms with Gasteiger partial charge in [0.25, 0.3) is 0 Å². The molecule has 35 heavy (non-hydrogen) atoms. The predicted molar refractivity (Wildman–Crippen MR) is 116 cm³/mol. The van der Waals surface area contributed by atoms with Crippen LogP contribution in [0.5, 0.6) is 0 Å². The zero-order valence-electron chi connectivity index (χ0n) is 20.9. The van der Waals surface area contributed by atoms with Gasteiger partial charge in [0.2, 0.25) is 0 Å². The lowest BCUT2D eigenvalue weighted by Gasteiger charge is -2.52. The number of hydrogen-bond acceptors (Lipinski definition) is 5. The molecule has 1 heterocycles. The van der Waals surface area contributed by atoms with Gasteiger partial charge in [0.05, 0.1) is 31.1 Å². The maximum Gasteiger partial charge on any atom is 0.412 e. The zero-order valence-corrected chi connectivity index (χ0v) is 20.9. The van der Waals surface area contributed by atoms with E-state index in [-0.39, 0.29) is 6.61 Å². The monoisotopic (exact) mass is 519 g/mol. The molecule has 0 radical (unpaired) electrons. The number of halogens is 6. The predicted octanol–water partition coefficient (Wildman–Crippen LogP) is 5.70. The highest BCUT2D eigenvalue weighted by Gasteiger charge is 2.65. The van der Waals surface area contributed by atoms with Crippen LogP contribution in [0.1, 0.15) is 54.4 Å². The second-order valence-corrected chi connectivity index (χ2v) is 10.1. The van der Waals surface area contributed by atoms with Crippen molar-refractivity contribution in [2.24, 2.45) is 10.8 Å². The second kappa shape index (κ2) is 11.4. The number of carbonyl (C=O) groups excluding carboxylic acids is 2. The lowest BCUT2D eigenvalue weighted by atomic mass is 9.57. The standard InChI is InChI=1S/C23H35F6NO5/c1-7-33-17(31)9-8-10-22(12-23(27,28)29,21(13-24,14-25)15-26)16-11-34-20(5,6)30(16)18(32)35-19(2,3)4/h8-9,16H,7,10-15H2,1-6H3/b9-8+. The summed E-state index contributed by atoms with van der Waals surface area (Å²) in [6, 6.07) is -1.65. The van der Waals surface area contributed by atoms with Crippen molar-refractivity contribution in [3.05, 3.63) is 12.2 Å². The maximum atomic E-state index is 14.4. The molecule has 0 aromatic rings. The number of ether oxygens (including phenoxy) is 3. The summed E-state index contributed by atoms with van der Waals surface area (Å²) in [6.45, 7) is 2.91. The SMILES string of the molecule is CCOC(=O)/C=C/CC(CC(F)(F)F)(C1COC(C)(C)N1C(=O)OC(C)(C)C)C(CF)(CF)CF. The van der Waals surface area contributed by atoms with E-state index in [1.807, 2.05) is 0 Å². The number of rotatable bonds is 10. The molecule has 12 heteroatoms. The first-order chi connectivity index (χ1) is 15.9. The van der Waals surface area contributed by atoms with Crippen LogP contribution in [-0.2, 0) is 19.0 Å². The molecule has 0 aromatic heterocycles. The fourth-order valence-corrected chi connectivity index (χ4v) is 4.37. The van der Waals surface area contributed by atoms with Crippen molar-refractivity contribution in [1.82, 2.24) is 4.90 Å². The molecule has 2 unspecified atom stereocenters. The lowest BCUT2D eigenvalue weighted by molar-refractivity contribution is -0.200. The average molecular weight is 520 g/mol.